The van der Waals surface area contributed by atoms with Crippen LogP contribution in [0.2, 0.25) is 0 Å². The Morgan fingerprint density at radius 3 is 2.65 bits per heavy atom. The van der Waals surface area contributed by atoms with Crippen molar-refractivity contribution in [1.82, 2.24) is 0 Å². The Kier molecular flexibility index (Phi) is 4.38. The van der Waals surface area contributed by atoms with Gasteiger partial charge in [0.2, 0.25) is 0 Å². The number of hydrogen-bond acceptors (Lipinski definition) is 3. The topological polar surface area (TPSA) is 43.4 Å². The highest BCUT2D eigenvalue weighted by molar-refractivity contribution is 9.12. The van der Waals surface area contributed by atoms with Crippen molar-refractivity contribution in [2.45, 2.75) is 70.8 Å². The van der Waals surface area contributed by atoms with E-state index in [0.717, 1.165) is 44.9 Å². The average molecular weight is 419 g/mol. The molecule has 6 atom stereocenters. The number of allylic oxidation sites excluding steroid dienone is 1. The molecular weight excluding hydrogens is 392 g/mol. The van der Waals surface area contributed by atoms with Crippen LogP contribution in [0.25, 0.3) is 0 Å². The van der Waals surface area contributed by atoms with E-state index in [-0.39, 0.29) is 10.8 Å². The maximum Gasteiger partial charge on any atom is 0.294 e. The lowest BCUT2D eigenvalue weighted by Crippen LogP contribution is -2.55. The normalized spacial score (nSPS) is 46.8. The van der Waals surface area contributed by atoms with Gasteiger partial charge in [0.15, 0.2) is 11.4 Å². The van der Waals surface area contributed by atoms with E-state index in [0.29, 0.717) is 36.4 Å². The fourth-order valence-corrected chi connectivity index (χ4v) is 7.46. The first kappa shape index (κ1) is 18.3. The standard InChI is InChI=1S/C22H27BrO3/c1-20-8-5-16(25)13-15(20)3-4-17-18(20)6-9-21(2)19(17)7-10-22(21,11-12-23)26-14-24/h13-14,17-19H,3-10H2,1-2H3/t17-,18-,19+,20+,21+,22?/m1/s1. The molecule has 4 aliphatic rings. The Hall–Kier alpha value is -1.08. The lowest BCUT2D eigenvalue weighted by molar-refractivity contribution is -0.156. The summed E-state index contributed by atoms with van der Waals surface area (Å²) in [4.78, 5) is 26.1. The predicted octanol–water partition coefficient (Wildman–Crippen LogP) is 4.79. The van der Waals surface area contributed by atoms with Gasteiger partial charge in [-0.2, -0.15) is 0 Å². The highest BCUT2D eigenvalue weighted by Crippen LogP contribution is 2.68. The molecule has 0 aromatic rings. The number of carbonyl (C=O) groups excluding carboxylic acids is 2. The van der Waals surface area contributed by atoms with E-state index in [2.05, 4.69) is 40.5 Å². The zero-order chi connectivity index (χ0) is 18.6. The van der Waals surface area contributed by atoms with Gasteiger partial charge in [0.1, 0.15) is 0 Å². The molecule has 0 aromatic carbocycles. The van der Waals surface area contributed by atoms with Crippen molar-refractivity contribution >= 4 is 28.2 Å². The smallest absolute Gasteiger partial charge is 0.294 e. The van der Waals surface area contributed by atoms with E-state index in [1.807, 2.05) is 6.08 Å². The molecule has 0 radical (unpaired) electrons. The van der Waals surface area contributed by atoms with Gasteiger partial charge in [-0.3, -0.25) is 9.59 Å². The molecule has 0 aromatic heterocycles. The molecule has 3 saturated carbocycles. The molecule has 1 unspecified atom stereocenters. The van der Waals surface area contributed by atoms with Crippen LogP contribution in [0.1, 0.15) is 65.2 Å². The van der Waals surface area contributed by atoms with Crippen molar-refractivity contribution in [1.29, 1.82) is 0 Å². The number of hydrogen-bond donors (Lipinski definition) is 0. The van der Waals surface area contributed by atoms with Crippen LogP contribution < -0.4 is 0 Å². The van der Waals surface area contributed by atoms with Gasteiger partial charge in [0.25, 0.3) is 6.47 Å². The summed E-state index contributed by atoms with van der Waals surface area (Å²) in [5, 5.41) is 0. The Labute approximate surface area is 164 Å². The van der Waals surface area contributed by atoms with Crippen molar-refractivity contribution in [3.63, 3.8) is 0 Å². The van der Waals surface area contributed by atoms with Crippen molar-refractivity contribution in [2.24, 2.45) is 28.6 Å². The number of ketones is 1. The van der Waals surface area contributed by atoms with Gasteiger partial charge in [-0.05, 0) is 84.9 Å². The molecule has 0 aliphatic heterocycles. The third-order valence-electron chi connectivity index (χ3n) is 8.58. The van der Waals surface area contributed by atoms with Gasteiger partial charge < -0.3 is 4.74 Å². The molecular formula is C22H27BrO3. The first-order chi connectivity index (χ1) is 12.4. The molecule has 0 amide bonds. The number of carbonyl (C=O) groups is 2. The van der Waals surface area contributed by atoms with E-state index in [9.17, 15) is 9.59 Å². The second-order valence-electron chi connectivity index (χ2n) is 9.22. The van der Waals surface area contributed by atoms with Gasteiger partial charge in [-0.25, -0.2) is 0 Å². The molecule has 3 fully saturated rings. The second kappa shape index (κ2) is 6.23. The summed E-state index contributed by atoms with van der Waals surface area (Å²) < 4.78 is 5.69. The summed E-state index contributed by atoms with van der Waals surface area (Å²) in [6.07, 6.45) is 9.91. The highest BCUT2D eigenvalue weighted by atomic mass is 79.9. The monoisotopic (exact) mass is 418 g/mol. The van der Waals surface area contributed by atoms with Gasteiger partial charge in [-0.15, -0.1) is 0 Å². The van der Waals surface area contributed by atoms with E-state index in [1.54, 1.807) is 0 Å². The minimum atomic E-state index is -0.659. The van der Waals surface area contributed by atoms with Gasteiger partial charge >= 0.3 is 0 Å². The highest BCUT2D eigenvalue weighted by Gasteiger charge is 2.65. The van der Waals surface area contributed by atoms with Crippen LogP contribution in [0, 0.1) is 39.3 Å². The number of ether oxygens (including phenoxy) is 1. The fraction of sp³-hybridized carbons (Fsp3) is 0.727. The minimum absolute atomic E-state index is 0.0854. The van der Waals surface area contributed by atoms with E-state index < -0.39 is 5.60 Å². The summed E-state index contributed by atoms with van der Waals surface area (Å²) in [6, 6.07) is 0. The van der Waals surface area contributed by atoms with E-state index >= 15 is 0 Å². The van der Waals surface area contributed by atoms with Crippen LogP contribution in [0.4, 0.5) is 0 Å². The summed E-state index contributed by atoms with van der Waals surface area (Å²) in [5.41, 5.74) is 0.828. The molecule has 4 rings (SSSR count). The Bertz CT molecular complexity index is 731. The van der Waals surface area contributed by atoms with Crippen LogP contribution in [-0.4, -0.2) is 17.9 Å². The third kappa shape index (κ3) is 2.32. The Morgan fingerprint density at radius 1 is 1.15 bits per heavy atom. The molecule has 0 bridgehead atoms. The zero-order valence-corrected chi connectivity index (χ0v) is 17.2. The van der Waals surface area contributed by atoms with Crippen LogP contribution in [-0.2, 0) is 14.3 Å². The van der Waals surface area contributed by atoms with Crippen molar-refractivity contribution in [3.05, 3.63) is 11.6 Å². The summed E-state index contributed by atoms with van der Waals surface area (Å²) in [6.45, 7) is 5.28. The number of halogens is 1. The molecule has 0 N–H and O–H groups in total. The lowest BCUT2D eigenvalue weighted by Gasteiger charge is -2.58. The maximum atomic E-state index is 11.9. The summed E-state index contributed by atoms with van der Waals surface area (Å²) in [7, 11) is 0. The number of fused-ring (bicyclic) bond motifs is 5. The Balaban J connectivity index is 1.70. The largest absolute Gasteiger partial charge is 0.447 e. The summed E-state index contributed by atoms with van der Waals surface area (Å²) in [5.74, 6) is 5.34. The number of rotatable bonds is 2. The van der Waals surface area contributed by atoms with Gasteiger partial charge in [0, 0.05) is 27.8 Å². The van der Waals surface area contributed by atoms with Gasteiger partial charge in [-0.1, -0.05) is 19.4 Å². The second-order valence-corrected chi connectivity index (χ2v) is 9.62. The third-order valence-corrected chi connectivity index (χ3v) is 8.78. The Morgan fingerprint density at radius 2 is 1.92 bits per heavy atom. The van der Waals surface area contributed by atoms with Crippen molar-refractivity contribution < 1.29 is 14.3 Å². The summed E-state index contributed by atoms with van der Waals surface area (Å²) >= 11 is 3.24. The minimum Gasteiger partial charge on any atom is -0.447 e. The molecule has 0 saturated heterocycles. The first-order valence-electron chi connectivity index (χ1n) is 9.88. The lowest BCUT2D eigenvalue weighted by atomic mass is 9.46. The molecule has 4 aliphatic carbocycles. The maximum absolute atomic E-state index is 11.9. The van der Waals surface area contributed by atoms with Crippen LogP contribution >= 0.6 is 15.9 Å². The van der Waals surface area contributed by atoms with Crippen LogP contribution in [0.5, 0.6) is 0 Å². The zero-order valence-electron chi connectivity index (χ0n) is 15.6. The predicted molar refractivity (Wildman–Crippen MR) is 103 cm³/mol. The first-order valence-corrected chi connectivity index (χ1v) is 10.7. The van der Waals surface area contributed by atoms with E-state index in [1.165, 1.54) is 5.57 Å². The fourth-order valence-electron chi connectivity index (χ4n) is 7.14. The molecule has 4 heteroatoms. The molecule has 3 nitrogen and oxygen atoms in total. The van der Waals surface area contributed by atoms with E-state index in [4.69, 9.17) is 4.74 Å². The molecule has 0 spiro atoms. The average Bonchev–Trinajstić information content (AvgIpc) is 2.89. The van der Waals surface area contributed by atoms with Crippen LogP contribution in [0.3, 0.4) is 0 Å². The van der Waals surface area contributed by atoms with Crippen LogP contribution in [0.15, 0.2) is 11.6 Å². The molecule has 0 heterocycles. The molecule has 140 valence electrons. The van der Waals surface area contributed by atoms with Gasteiger partial charge in [0.05, 0.1) is 0 Å². The SMILES string of the molecule is C[C@]12CCC(=O)C=C1CC[C@@H]1[C@H]2CC[C@@]2(C)[C@H]1CCC2(C#CBr)OC=O. The van der Waals surface area contributed by atoms with Crippen molar-refractivity contribution in [3.8, 4) is 10.8 Å². The molecule has 26 heavy (non-hydrogen) atoms. The quantitative estimate of drug-likeness (QED) is 0.478. The van der Waals surface area contributed by atoms with Crippen molar-refractivity contribution in [2.75, 3.05) is 0 Å².